The Morgan fingerprint density at radius 2 is 2.04 bits per heavy atom. The van der Waals surface area contributed by atoms with E-state index in [1.807, 2.05) is 6.07 Å². The van der Waals surface area contributed by atoms with Crippen LogP contribution < -0.4 is 5.32 Å². The molecule has 1 saturated heterocycles. The van der Waals surface area contributed by atoms with Gasteiger partial charge < -0.3 is 19.7 Å². The van der Waals surface area contributed by atoms with Crippen molar-refractivity contribution in [2.75, 3.05) is 19.7 Å². The van der Waals surface area contributed by atoms with Gasteiger partial charge in [0.15, 0.2) is 0 Å². The molecule has 2 aromatic rings. The highest BCUT2D eigenvalue weighted by molar-refractivity contribution is 6.05. The van der Waals surface area contributed by atoms with E-state index in [1.165, 1.54) is 12.3 Å². The summed E-state index contributed by atoms with van der Waals surface area (Å²) in [6.07, 6.45) is 4.77. The molecule has 26 heavy (non-hydrogen) atoms. The second-order valence-electron chi connectivity index (χ2n) is 6.34. The average Bonchev–Trinajstić information content (AvgIpc) is 3.20. The van der Waals surface area contributed by atoms with E-state index in [0.29, 0.717) is 24.4 Å². The zero-order chi connectivity index (χ0) is 18.4. The molecule has 1 aromatic carbocycles. The quantitative estimate of drug-likeness (QED) is 0.807. The number of carbonyl (C=O) groups is 2. The van der Waals surface area contributed by atoms with Crippen LogP contribution in [0.4, 0.5) is 0 Å². The molecule has 0 aliphatic carbocycles. The minimum atomic E-state index is -0.354. The third-order valence-electron chi connectivity index (χ3n) is 4.41. The summed E-state index contributed by atoms with van der Waals surface area (Å²) in [5.74, 6) is -0.0730. The van der Waals surface area contributed by atoms with Gasteiger partial charge >= 0.3 is 0 Å². The molecule has 0 saturated carbocycles. The summed E-state index contributed by atoms with van der Waals surface area (Å²) in [4.78, 5) is 27.1. The monoisotopic (exact) mass is 354 g/mol. The molecule has 0 bridgehead atoms. The van der Waals surface area contributed by atoms with Crippen molar-refractivity contribution in [3.05, 3.63) is 65.7 Å². The topological polar surface area (TPSA) is 82.8 Å². The fourth-order valence-corrected chi connectivity index (χ4v) is 3.02. The first-order valence-corrected chi connectivity index (χ1v) is 8.69. The van der Waals surface area contributed by atoms with Crippen molar-refractivity contribution in [1.29, 1.82) is 0 Å². The molecule has 2 N–H and O–H groups in total. The number of aliphatic hydroxyl groups excluding tert-OH is 1. The number of hydrogen-bond donors (Lipinski definition) is 2. The van der Waals surface area contributed by atoms with Crippen LogP contribution in [0.15, 0.2) is 58.8 Å². The van der Waals surface area contributed by atoms with Gasteiger partial charge in [-0.15, -0.1) is 0 Å². The minimum Gasteiger partial charge on any atom is -0.465 e. The van der Waals surface area contributed by atoms with E-state index in [4.69, 9.17) is 4.42 Å². The van der Waals surface area contributed by atoms with Gasteiger partial charge in [-0.2, -0.15) is 0 Å². The van der Waals surface area contributed by atoms with Gasteiger partial charge in [-0.1, -0.05) is 18.2 Å². The first-order chi connectivity index (χ1) is 12.7. The lowest BCUT2D eigenvalue weighted by Crippen LogP contribution is -2.44. The Morgan fingerprint density at radius 3 is 2.73 bits per heavy atom. The third kappa shape index (κ3) is 4.40. The molecule has 0 radical (unpaired) electrons. The second-order valence-corrected chi connectivity index (χ2v) is 6.34. The Bertz CT molecular complexity index is 768. The van der Waals surface area contributed by atoms with Gasteiger partial charge in [0.1, 0.15) is 11.5 Å². The van der Waals surface area contributed by atoms with Crippen molar-refractivity contribution >= 4 is 17.9 Å². The number of nitrogens with zero attached hydrogens (tertiary/aromatic N) is 1. The van der Waals surface area contributed by atoms with E-state index in [0.717, 1.165) is 12.8 Å². The third-order valence-corrected chi connectivity index (χ3v) is 4.41. The van der Waals surface area contributed by atoms with Crippen LogP contribution in [0.1, 0.15) is 29.0 Å². The maximum absolute atomic E-state index is 13.0. The normalized spacial score (nSPS) is 17.8. The van der Waals surface area contributed by atoms with Gasteiger partial charge in [-0.25, -0.2) is 0 Å². The van der Waals surface area contributed by atoms with Crippen molar-refractivity contribution in [3.8, 4) is 0 Å². The largest absolute Gasteiger partial charge is 0.465 e. The van der Waals surface area contributed by atoms with Gasteiger partial charge in [0.05, 0.1) is 6.26 Å². The maximum Gasteiger partial charge on any atom is 0.270 e. The highest BCUT2D eigenvalue weighted by Crippen LogP contribution is 2.18. The molecule has 0 unspecified atom stereocenters. The lowest BCUT2D eigenvalue weighted by Gasteiger charge is -2.32. The molecule has 6 nitrogen and oxygen atoms in total. The number of likely N-dealkylation sites (tertiary alicyclic amines) is 1. The van der Waals surface area contributed by atoms with E-state index in [1.54, 1.807) is 41.3 Å². The lowest BCUT2D eigenvalue weighted by atomic mass is 9.99. The van der Waals surface area contributed by atoms with Gasteiger partial charge in [0, 0.05) is 31.3 Å². The van der Waals surface area contributed by atoms with Crippen molar-refractivity contribution in [2.24, 2.45) is 5.92 Å². The molecule has 2 heterocycles. The Morgan fingerprint density at radius 1 is 1.23 bits per heavy atom. The zero-order valence-electron chi connectivity index (χ0n) is 14.4. The highest BCUT2D eigenvalue weighted by Gasteiger charge is 2.26. The number of benzene rings is 1. The highest BCUT2D eigenvalue weighted by atomic mass is 16.3. The number of furan rings is 1. The summed E-state index contributed by atoms with van der Waals surface area (Å²) in [5.41, 5.74) is 0.630. The van der Waals surface area contributed by atoms with E-state index in [9.17, 15) is 14.7 Å². The van der Waals surface area contributed by atoms with Crippen LogP contribution in [0.2, 0.25) is 0 Å². The first-order valence-electron chi connectivity index (χ1n) is 8.69. The Kier molecular flexibility index (Phi) is 5.86. The Labute approximate surface area is 152 Å². The minimum absolute atomic E-state index is 0.0530. The van der Waals surface area contributed by atoms with Crippen LogP contribution in [-0.4, -0.2) is 41.5 Å². The van der Waals surface area contributed by atoms with Crippen LogP contribution in [0, 0.1) is 5.92 Å². The molecule has 136 valence electrons. The molecule has 1 atom stereocenters. The van der Waals surface area contributed by atoms with Gasteiger partial charge in [-0.05, 0) is 43.0 Å². The van der Waals surface area contributed by atoms with E-state index in [2.05, 4.69) is 5.32 Å². The summed E-state index contributed by atoms with van der Waals surface area (Å²) >= 11 is 0. The summed E-state index contributed by atoms with van der Waals surface area (Å²) < 4.78 is 5.29. The smallest absolute Gasteiger partial charge is 0.270 e. The number of rotatable bonds is 5. The van der Waals surface area contributed by atoms with Gasteiger partial charge in [0.2, 0.25) is 0 Å². The maximum atomic E-state index is 13.0. The van der Waals surface area contributed by atoms with Crippen molar-refractivity contribution in [2.45, 2.75) is 12.8 Å². The van der Waals surface area contributed by atoms with E-state index < -0.39 is 0 Å². The van der Waals surface area contributed by atoms with Crippen molar-refractivity contribution in [3.63, 3.8) is 0 Å². The SMILES string of the molecule is O=C(N/C(=C\c1ccco1)C(=O)N1CCC[C@H](CO)C1)c1ccccc1. The predicted octanol–water partition coefficient (Wildman–Crippen LogP) is 2.28. The number of piperidine rings is 1. The van der Waals surface area contributed by atoms with Crippen LogP contribution in [0.25, 0.3) is 6.08 Å². The Balaban J connectivity index is 1.81. The zero-order valence-corrected chi connectivity index (χ0v) is 14.4. The van der Waals surface area contributed by atoms with Crippen LogP contribution in [-0.2, 0) is 4.79 Å². The molecular weight excluding hydrogens is 332 g/mol. The van der Waals surface area contributed by atoms with Gasteiger partial charge in [-0.3, -0.25) is 9.59 Å². The molecule has 3 rings (SSSR count). The number of hydrogen-bond acceptors (Lipinski definition) is 4. The lowest BCUT2D eigenvalue weighted by molar-refractivity contribution is -0.129. The summed E-state index contributed by atoms with van der Waals surface area (Å²) in [6, 6.07) is 12.2. The summed E-state index contributed by atoms with van der Waals surface area (Å²) in [5, 5.41) is 12.1. The number of amides is 2. The summed E-state index contributed by atoms with van der Waals surface area (Å²) in [6.45, 7) is 1.13. The molecule has 1 aromatic heterocycles. The van der Waals surface area contributed by atoms with Crippen molar-refractivity contribution < 1.29 is 19.1 Å². The van der Waals surface area contributed by atoms with Crippen LogP contribution in [0.5, 0.6) is 0 Å². The Hall–Kier alpha value is -2.86. The van der Waals surface area contributed by atoms with Gasteiger partial charge in [0.25, 0.3) is 11.8 Å². The van der Waals surface area contributed by atoms with E-state index >= 15 is 0 Å². The predicted molar refractivity (Wildman–Crippen MR) is 97.0 cm³/mol. The molecule has 2 amide bonds. The molecule has 0 spiro atoms. The van der Waals surface area contributed by atoms with Crippen LogP contribution >= 0.6 is 0 Å². The number of nitrogens with one attached hydrogen (secondary N) is 1. The first kappa shape index (κ1) is 17.9. The fourth-order valence-electron chi connectivity index (χ4n) is 3.02. The molecule has 1 aliphatic rings. The average molecular weight is 354 g/mol. The molecule has 6 heteroatoms. The number of carbonyl (C=O) groups excluding carboxylic acids is 2. The summed E-state index contributed by atoms with van der Waals surface area (Å²) in [7, 11) is 0. The van der Waals surface area contributed by atoms with E-state index in [-0.39, 0.29) is 30.0 Å². The standard InChI is InChI=1S/C20H22N2O4/c23-14-15-6-4-10-22(13-15)20(25)18(12-17-9-5-11-26-17)21-19(24)16-7-2-1-3-8-16/h1-3,5,7-9,11-12,15,23H,4,6,10,13-14H2,(H,21,24)/b18-12-/t15-/m0/s1. The van der Waals surface area contributed by atoms with Crippen LogP contribution in [0.3, 0.4) is 0 Å². The van der Waals surface area contributed by atoms with Crippen molar-refractivity contribution in [1.82, 2.24) is 10.2 Å². The number of aliphatic hydroxyl groups is 1. The second kappa shape index (κ2) is 8.49. The molecule has 1 aliphatic heterocycles. The molecular formula is C20H22N2O4. The fraction of sp³-hybridized carbons (Fsp3) is 0.300. The molecule has 1 fully saturated rings.